The Morgan fingerprint density at radius 3 is 2.62 bits per heavy atom. The maximum Gasteiger partial charge on any atom is 0.250 e. The highest BCUT2D eigenvalue weighted by Gasteiger charge is 2.23. The van der Waals surface area contributed by atoms with Gasteiger partial charge < -0.3 is 4.57 Å². The molecule has 2 nitrogen and oxygen atoms in total. The van der Waals surface area contributed by atoms with Crippen LogP contribution in [0.3, 0.4) is 0 Å². The normalized spacial score (nSPS) is 18.4. The minimum atomic E-state index is 0.121. The fourth-order valence-electron chi connectivity index (χ4n) is 2.51. The van der Waals surface area contributed by atoms with E-state index in [1.165, 1.54) is 5.56 Å². The van der Waals surface area contributed by atoms with Gasteiger partial charge in [0.25, 0.3) is 5.56 Å². The molecule has 1 aromatic carbocycles. The van der Waals surface area contributed by atoms with Crippen molar-refractivity contribution in [1.82, 2.24) is 4.57 Å². The number of pyridine rings is 1. The lowest BCUT2D eigenvalue weighted by molar-refractivity contribution is 0.705. The van der Waals surface area contributed by atoms with Crippen LogP contribution in [0.2, 0.25) is 0 Å². The molecule has 1 atom stereocenters. The van der Waals surface area contributed by atoms with Crippen LogP contribution in [-0.2, 0) is 6.54 Å². The van der Waals surface area contributed by atoms with Crippen LogP contribution >= 0.6 is 0 Å². The average molecular weight is 211 g/mol. The van der Waals surface area contributed by atoms with Gasteiger partial charge in [-0.2, -0.15) is 0 Å². The molecule has 1 aliphatic heterocycles. The largest absolute Gasteiger partial charge is 0.312 e. The molecule has 0 saturated heterocycles. The Bertz CT molecular complexity index is 556. The van der Waals surface area contributed by atoms with E-state index in [0.29, 0.717) is 5.92 Å². The number of nitrogens with zero attached hydrogens (tertiary/aromatic N) is 1. The summed E-state index contributed by atoms with van der Waals surface area (Å²) in [5.74, 6) is 0.384. The van der Waals surface area contributed by atoms with Gasteiger partial charge in [0.15, 0.2) is 0 Å². The molecule has 0 spiro atoms. The van der Waals surface area contributed by atoms with Gasteiger partial charge in [0.05, 0.1) is 0 Å². The molecular formula is C14H13NO. The minimum absolute atomic E-state index is 0.121. The Hall–Kier alpha value is -1.83. The Morgan fingerprint density at radius 2 is 1.81 bits per heavy atom. The molecule has 16 heavy (non-hydrogen) atoms. The van der Waals surface area contributed by atoms with Crippen LogP contribution in [-0.4, -0.2) is 4.57 Å². The number of aromatic nitrogens is 1. The van der Waals surface area contributed by atoms with Crippen molar-refractivity contribution in [3.05, 3.63) is 70.1 Å². The summed E-state index contributed by atoms with van der Waals surface area (Å²) in [6, 6.07) is 16.0. The summed E-state index contributed by atoms with van der Waals surface area (Å²) in [7, 11) is 0. The van der Waals surface area contributed by atoms with E-state index in [1.54, 1.807) is 6.07 Å². The van der Waals surface area contributed by atoms with E-state index in [2.05, 4.69) is 30.3 Å². The Morgan fingerprint density at radius 1 is 1.00 bits per heavy atom. The minimum Gasteiger partial charge on any atom is -0.312 e. The molecule has 1 aromatic heterocycles. The molecular weight excluding hydrogens is 198 g/mol. The predicted molar refractivity (Wildman–Crippen MR) is 63.6 cm³/mol. The predicted octanol–water partition coefficient (Wildman–Crippen LogP) is 2.38. The summed E-state index contributed by atoms with van der Waals surface area (Å²) >= 11 is 0. The lowest BCUT2D eigenvalue weighted by Crippen LogP contribution is -2.17. The molecule has 0 amide bonds. The van der Waals surface area contributed by atoms with Crippen molar-refractivity contribution in [1.29, 1.82) is 0 Å². The molecule has 80 valence electrons. The van der Waals surface area contributed by atoms with Gasteiger partial charge in [0, 0.05) is 24.2 Å². The zero-order valence-corrected chi connectivity index (χ0v) is 8.97. The summed E-state index contributed by atoms with van der Waals surface area (Å²) in [6.45, 7) is 0.842. The number of rotatable bonds is 1. The van der Waals surface area contributed by atoms with E-state index in [4.69, 9.17) is 0 Å². The quantitative estimate of drug-likeness (QED) is 0.710. The highest BCUT2D eigenvalue weighted by atomic mass is 16.1. The van der Waals surface area contributed by atoms with Crippen LogP contribution in [0.15, 0.2) is 53.3 Å². The number of benzene rings is 1. The standard InChI is InChI=1S/C14H13NO/c16-14-8-4-7-13-12(9-10-15(13)14)11-5-2-1-3-6-11/h1-8,12H,9-10H2. The molecule has 2 heterocycles. The fourth-order valence-corrected chi connectivity index (χ4v) is 2.51. The highest BCUT2D eigenvalue weighted by Crippen LogP contribution is 2.32. The van der Waals surface area contributed by atoms with Crippen LogP contribution in [0.1, 0.15) is 23.6 Å². The van der Waals surface area contributed by atoms with Crippen LogP contribution in [0.25, 0.3) is 0 Å². The van der Waals surface area contributed by atoms with Gasteiger partial charge in [-0.15, -0.1) is 0 Å². The monoisotopic (exact) mass is 211 g/mol. The van der Waals surface area contributed by atoms with Crippen molar-refractivity contribution >= 4 is 0 Å². The van der Waals surface area contributed by atoms with Crippen LogP contribution in [0, 0.1) is 0 Å². The van der Waals surface area contributed by atoms with Gasteiger partial charge >= 0.3 is 0 Å². The fraction of sp³-hybridized carbons (Fsp3) is 0.214. The second-order valence-electron chi connectivity index (χ2n) is 4.19. The maximum atomic E-state index is 11.7. The topological polar surface area (TPSA) is 22.0 Å². The first-order chi connectivity index (χ1) is 7.86. The van der Waals surface area contributed by atoms with Gasteiger partial charge in [0.2, 0.25) is 0 Å². The van der Waals surface area contributed by atoms with E-state index in [9.17, 15) is 4.79 Å². The first kappa shape index (κ1) is 9.40. The third-order valence-electron chi connectivity index (χ3n) is 3.28. The molecule has 0 radical (unpaired) electrons. The zero-order valence-electron chi connectivity index (χ0n) is 8.97. The van der Waals surface area contributed by atoms with Gasteiger partial charge in [-0.1, -0.05) is 36.4 Å². The smallest absolute Gasteiger partial charge is 0.250 e. The van der Waals surface area contributed by atoms with E-state index in [1.807, 2.05) is 16.7 Å². The van der Waals surface area contributed by atoms with Gasteiger partial charge in [0.1, 0.15) is 0 Å². The average Bonchev–Trinajstić information content (AvgIpc) is 2.75. The third kappa shape index (κ3) is 1.38. The molecule has 0 N–H and O–H groups in total. The van der Waals surface area contributed by atoms with Crippen molar-refractivity contribution in [2.45, 2.75) is 18.9 Å². The highest BCUT2D eigenvalue weighted by molar-refractivity contribution is 5.30. The molecule has 0 bridgehead atoms. The van der Waals surface area contributed by atoms with Crippen molar-refractivity contribution in [2.75, 3.05) is 0 Å². The SMILES string of the molecule is O=c1cccc2n1CCC2c1ccccc1. The van der Waals surface area contributed by atoms with Crippen molar-refractivity contribution in [3.8, 4) is 0 Å². The second-order valence-corrected chi connectivity index (χ2v) is 4.19. The summed E-state index contributed by atoms with van der Waals surface area (Å²) in [6.07, 6.45) is 1.03. The van der Waals surface area contributed by atoms with Crippen molar-refractivity contribution in [2.24, 2.45) is 0 Å². The second kappa shape index (κ2) is 3.63. The zero-order chi connectivity index (χ0) is 11.0. The van der Waals surface area contributed by atoms with Crippen molar-refractivity contribution < 1.29 is 0 Å². The number of hydrogen-bond acceptors (Lipinski definition) is 1. The summed E-state index contributed by atoms with van der Waals surface area (Å²) < 4.78 is 1.89. The molecule has 1 aliphatic rings. The first-order valence-corrected chi connectivity index (χ1v) is 5.61. The van der Waals surface area contributed by atoms with Crippen LogP contribution in [0.4, 0.5) is 0 Å². The third-order valence-corrected chi connectivity index (χ3v) is 3.28. The summed E-state index contributed by atoms with van der Waals surface area (Å²) in [4.78, 5) is 11.7. The van der Waals surface area contributed by atoms with E-state index < -0.39 is 0 Å². The van der Waals surface area contributed by atoms with E-state index in [0.717, 1.165) is 18.7 Å². The van der Waals surface area contributed by atoms with Gasteiger partial charge in [-0.3, -0.25) is 4.79 Å². The van der Waals surface area contributed by atoms with Gasteiger partial charge in [-0.05, 0) is 18.1 Å². The lowest BCUT2D eigenvalue weighted by atomic mass is 9.95. The molecule has 0 fully saturated rings. The lowest BCUT2D eigenvalue weighted by Gasteiger charge is -2.10. The number of fused-ring (bicyclic) bond motifs is 1. The number of hydrogen-bond donors (Lipinski definition) is 0. The first-order valence-electron chi connectivity index (χ1n) is 5.61. The molecule has 0 aliphatic carbocycles. The molecule has 2 aromatic rings. The van der Waals surface area contributed by atoms with Crippen LogP contribution < -0.4 is 5.56 Å². The Kier molecular flexibility index (Phi) is 2.13. The maximum absolute atomic E-state index is 11.7. The Labute approximate surface area is 94.2 Å². The summed E-state index contributed by atoms with van der Waals surface area (Å²) in [5.41, 5.74) is 2.58. The molecule has 1 unspecified atom stereocenters. The van der Waals surface area contributed by atoms with E-state index >= 15 is 0 Å². The van der Waals surface area contributed by atoms with Crippen LogP contribution in [0.5, 0.6) is 0 Å². The summed E-state index contributed by atoms with van der Waals surface area (Å²) in [5, 5.41) is 0. The van der Waals surface area contributed by atoms with Crippen molar-refractivity contribution in [3.63, 3.8) is 0 Å². The Balaban J connectivity index is 2.11. The molecule has 3 rings (SSSR count). The van der Waals surface area contributed by atoms with E-state index in [-0.39, 0.29) is 5.56 Å². The molecule has 0 saturated carbocycles. The molecule has 2 heteroatoms. The van der Waals surface area contributed by atoms with Gasteiger partial charge in [-0.25, -0.2) is 0 Å².